The minimum Gasteiger partial charge on any atom is -0.465 e. The maximum absolute atomic E-state index is 13.4. The number of fused-ring (bicyclic) bond motifs is 2. The van der Waals surface area contributed by atoms with Gasteiger partial charge in [-0.15, -0.1) is 0 Å². The summed E-state index contributed by atoms with van der Waals surface area (Å²) >= 11 is 0. The third-order valence-electron chi connectivity index (χ3n) is 5.47. The highest BCUT2D eigenvalue weighted by molar-refractivity contribution is 6.21. The Morgan fingerprint density at radius 3 is 2.26 bits per heavy atom. The van der Waals surface area contributed by atoms with E-state index in [9.17, 15) is 14.4 Å². The van der Waals surface area contributed by atoms with E-state index in [0.717, 1.165) is 16.0 Å². The minimum atomic E-state index is -0.780. The van der Waals surface area contributed by atoms with Crippen LogP contribution in [0.3, 0.4) is 0 Å². The van der Waals surface area contributed by atoms with E-state index in [0.29, 0.717) is 34.1 Å². The SMILES string of the molecule is COCc1ccccc1-c1c2c(c(C(=O)OC)c3ccccc13)CN(C(=O)OC)C2=O. The van der Waals surface area contributed by atoms with Gasteiger partial charge in [0.1, 0.15) is 0 Å². The molecule has 1 aliphatic heterocycles. The average Bonchev–Trinajstić information content (AvgIpc) is 3.14. The van der Waals surface area contributed by atoms with Crippen LogP contribution in [0.15, 0.2) is 48.5 Å². The minimum absolute atomic E-state index is 0.0739. The van der Waals surface area contributed by atoms with Crippen molar-refractivity contribution in [3.8, 4) is 11.1 Å². The number of methoxy groups -OCH3 is 3. The largest absolute Gasteiger partial charge is 0.465 e. The molecule has 1 aliphatic rings. The molecule has 0 aromatic heterocycles. The summed E-state index contributed by atoms with van der Waals surface area (Å²) in [5.41, 5.74) is 3.36. The molecule has 7 heteroatoms. The van der Waals surface area contributed by atoms with E-state index in [4.69, 9.17) is 14.2 Å². The second kappa shape index (κ2) is 8.20. The fraction of sp³-hybridized carbons (Fsp3) is 0.208. The van der Waals surface area contributed by atoms with Crippen molar-refractivity contribution in [3.05, 3.63) is 70.8 Å². The number of hydrogen-bond donors (Lipinski definition) is 0. The normalized spacial score (nSPS) is 12.7. The Morgan fingerprint density at radius 2 is 1.58 bits per heavy atom. The lowest BCUT2D eigenvalue weighted by atomic mass is 9.85. The van der Waals surface area contributed by atoms with E-state index in [1.165, 1.54) is 14.2 Å². The van der Waals surface area contributed by atoms with Crippen LogP contribution in [0.1, 0.15) is 31.8 Å². The lowest BCUT2D eigenvalue weighted by molar-refractivity contribution is 0.0598. The Hall–Kier alpha value is -3.71. The molecule has 0 N–H and O–H groups in total. The van der Waals surface area contributed by atoms with Crippen LogP contribution in [-0.2, 0) is 27.4 Å². The molecule has 3 aromatic rings. The van der Waals surface area contributed by atoms with Gasteiger partial charge in [-0.1, -0.05) is 48.5 Å². The first-order valence-electron chi connectivity index (χ1n) is 9.66. The maximum atomic E-state index is 13.4. The van der Waals surface area contributed by atoms with Crippen LogP contribution in [0.25, 0.3) is 21.9 Å². The Labute approximate surface area is 179 Å². The number of benzene rings is 3. The molecule has 4 rings (SSSR count). The highest BCUT2D eigenvalue weighted by Crippen LogP contribution is 2.43. The summed E-state index contributed by atoms with van der Waals surface area (Å²) < 4.78 is 15.2. The molecule has 0 saturated heterocycles. The van der Waals surface area contributed by atoms with Gasteiger partial charge in [-0.25, -0.2) is 14.5 Å². The molecule has 7 nitrogen and oxygen atoms in total. The van der Waals surface area contributed by atoms with Crippen molar-refractivity contribution in [1.29, 1.82) is 0 Å². The van der Waals surface area contributed by atoms with E-state index >= 15 is 0 Å². The van der Waals surface area contributed by atoms with Gasteiger partial charge >= 0.3 is 12.1 Å². The van der Waals surface area contributed by atoms with E-state index in [2.05, 4.69) is 0 Å². The first-order valence-corrected chi connectivity index (χ1v) is 9.66. The molecular formula is C24H21NO6. The predicted octanol–water partition coefficient (Wildman–Crippen LogP) is 4.16. The monoisotopic (exact) mass is 419 g/mol. The zero-order chi connectivity index (χ0) is 22.1. The van der Waals surface area contributed by atoms with Crippen molar-refractivity contribution in [2.24, 2.45) is 0 Å². The summed E-state index contributed by atoms with van der Waals surface area (Å²) in [6.45, 7) is 0.266. The molecule has 0 unspecified atom stereocenters. The number of imide groups is 1. The van der Waals surface area contributed by atoms with Gasteiger partial charge in [0.05, 0.1) is 38.5 Å². The highest BCUT2D eigenvalue weighted by Gasteiger charge is 2.40. The molecule has 0 spiro atoms. The molecule has 0 aliphatic carbocycles. The fourth-order valence-corrected chi connectivity index (χ4v) is 4.17. The molecule has 3 aromatic carbocycles. The highest BCUT2D eigenvalue weighted by atomic mass is 16.5. The van der Waals surface area contributed by atoms with Crippen LogP contribution in [0, 0.1) is 0 Å². The number of amides is 2. The molecule has 31 heavy (non-hydrogen) atoms. The smallest absolute Gasteiger partial charge is 0.416 e. The van der Waals surface area contributed by atoms with Crippen molar-refractivity contribution in [2.45, 2.75) is 13.2 Å². The summed E-state index contributed by atoms with van der Waals surface area (Å²) in [6, 6.07) is 14.9. The number of rotatable bonds is 4. The quantitative estimate of drug-likeness (QED) is 0.591. The number of esters is 1. The van der Waals surface area contributed by atoms with Crippen LogP contribution in [0.5, 0.6) is 0 Å². The van der Waals surface area contributed by atoms with Crippen LogP contribution in [0.4, 0.5) is 4.79 Å². The second-order valence-corrected chi connectivity index (χ2v) is 7.09. The topological polar surface area (TPSA) is 82.1 Å². The molecule has 0 bridgehead atoms. The van der Waals surface area contributed by atoms with Gasteiger partial charge in [0.15, 0.2) is 0 Å². The van der Waals surface area contributed by atoms with Gasteiger partial charge in [0, 0.05) is 18.2 Å². The van der Waals surface area contributed by atoms with Crippen molar-refractivity contribution < 1.29 is 28.6 Å². The molecule has 158 valence electrons. The van der Waals surface area contributed by atoms with Crippen LogP contribution in [-0.4, -0.2) is 44.2 Å². The Balaban J connectivity index is 2.15. The molecule has 2 amide bonds. The summed E-state index contributed by atoms with van der Waals surface area (Å²) in [5, 5.41) is 1.36. The number of ether oxygens (including phenoxy) is 3. The van der Waals surface area contributed by atoms with Gasteiger partial charge in [0.25, 0.3) is 5.91 Å². The van der Waals surface area contributed by atoms with Gasteiger partial charge in [-0.05, 0) is 21.9 Å². The summed E-state index contributed by atoms with van der Waals surface area (Å²) in [5.74, 6) is -1.08. The summed E-state index contributed by atoms with van der Waals surface area (Å²) in [4.78, 5) is 39.5. The summed E-state index contributed by atoms with van der Waals surface area (Å²) in [7, 11) is 4.11. The van der Waals surface area contributed by atoms with E-state index < -0.39 is 18.0 Å². The number of hydrogen-bond acceptors (Lipinski definition) is 6. The second-order valence-electron chi connectivity index (χ2n) is 7.09. The van der Waals surface area contributed by atoms with Crippen LogP contribution < -0.4 is 0 Å². The average molecular weight is 419 g/mol. The van der Waals surface area contributed by atoms with Gasteiger partial charge in [0.2, 0.25) is 0 Å². The molecule has 1 heterocycles. The lowest BCUT2D eigenvalue weighted by Gasteiger charge is -2.18. The summed E-state index contributed by atoms with van der Waals surface area (Å²) in [6.07, 6.45) is -0.780. The number of carbonyl (C=O) groups excluding carboxylic acids is 3. The Bertz CT molecular complexity index is 1220. The molecule has 0 saturated carbocycles. The molecular weight excluding hydrogens is 398 g/mol. The zero-order valence-electron chi connectivity index (χ0n) is 17.4. The van der Waals surface area contributed by atoms with Crippen LogP contribution in [0.2, 0.25) is 0 Å². The van der Waals surface area contributed by atoms with E-state index in [1.807, 2.05) is 48.5 Å². The standard InChI is InChI=1S/C24H21NO6/c1-29-13-14-8-4-5-9-15(14)19-16-10-6-7-11-17(16)20(23(27)30-2)18-12-25(24(28)31-3)22(26)21(18)19/h4-11H,12-13H2,1-3H3. The van der Waals surface area contributed by atoms with Crippen LogP contribution >= 0.6 is 0 Å². The Morgan fingerprint density at radius 1 is 0.903 bits per heavy atom. The fourth-order valence-electron chi connectivity index (χ4n) is 4.17. The van der Waals surface area contributed by atoms with Crippen molar-refractivity contribution >= 4 is 28.7 Å². The van der Waals surface area contributed by atoms with Crippen molar-refractivity contribution in [1.82, 2.24) is 4.90 Å². The van der Waals surface area contributed by atoms with Gasteiger partial charge in [-0.3, -0.25) is 4.79 Å². The van der Waals surface area contributed by atoms with Crippen molar-refractivity contribution in [2.75, 3.05) is 21.3 Å². The first kappa shape index (κ1) is 20.6. The zero-order valence-corrected chi connectivity index (χ0v) is 17.4. The van der Waals surface area contributed by atoms with Crippen molar-refractivity contribution in [3.63, 3.8) is 0 Å². The predicted molar refractivity (Wildman–Crippen MR) is 114 cm³/mol. The Kier molecular flexibility index (Phi) is 5.44. The molecule has 0 atom stereocenters. The maximum Gasteiger partial charge on any atom is 0.416 e. The van der Waals surface area contributed by atoms with E-state index in [1.54, 1.807) is 7.11 Å². The number of nitrogens with zero attached hydrogens (tertiary/aromatic N) is 1. The molecule has 0 radical (unpaired) electrons. The lowest BCUT2D eigenvalue weighted by Crippen LogP contribution is -2.31. The first-order chi connectivity index (χ1) is 15.0. The van der Waals surface area contributed by atoms with Gasteiger partial charge in [-0.2, -0.15) is 0 Å². The third kappa shape index (κ3) is 3.23. The van der Waals surface area contributed by atoms with E-state index in [-0.39, 0.29) is 12.1 Å². The molecule has 0 fully saturated rings. The van der Waals surface area contributed by atoms with Gasteiger partial charge < -0.3 is 14.2 Å². The number of carbonyl (C=O) groups is 3. The third-order valence-corrected chi connectivity index (χ3v) is 5.47.